The molecule has 0 aliphatic carbocycles. The van der Waals surface area contributed by atoms with Gasteiger partial charge in [-0.3, -0.25) is 14.4 Å². The molecule has 270 valence electrons. The number of allylic oxidation sites excluding steroid dienone is 2. The number of nitrogens with zero attached hydrogens (tertiary/aromatic N) is 1. The average molecular weight is 653 g/mol. The van der Waals surface area contributed by atoms with E-state index in [2.05, 4.69) is 19.1 Å². The average Bonchev–Trinajstić information content (AvgIpc) is 3.03. The highest BCUT2D eigenvalue weighted by molar-refractivity contribution is 5.71. The summed E-state index contributed by atoms with van der Waals surface area (Å²) in [7, 11) is 0. The number of quaternary nitrogens is 1. The standard InChI is InChI=1S/C39H73NO6/c1-5-9-10-11-12-13-14-15-16-17-18-19-20-21-22-23-24-25-26-27-28-29-30-40(31-34(6-2)37(41)42,32-35(7-3)38(43)44)33-36(8-4)39(45)46/h19-20,34-36H,5-18,21-33H2,1-4H3,(H2-,41,42,43,44,45,46)/p+1/b20-19+. The van der Waals surface area contributed by atoms with Crippen LogP contribution in [0.3, 0.4) is 0 Å². The number of carbonyl (C=O) groups is 3. The molecule has 7 heteroatoms. The SMILES string of the molecule is CCCCCCCCCCCC/C=C/CCCCCCCCCC[N+](CC(CC)C(=O)O)(CC(CC)C(=O)O)CC(CC)C(=O)O. The molecule has 0 radical (unpaired) electrons. The third kappa shape index (κ3) is 22.6. The van der Waals surface area contributed by atoms with Crippen LogP contribution in [0, 0.1) is 17.8 Å². The van der Waals surface area contributed by atoms with Crippen LogP contribution in [0.2, 0.25) is 0 Å². The van der Waals surface area contributed by atoms with Crippen LogP contribution in [0.4, 0.5) is 0 Å². The van der Waals surface area contributed by atoms with E-state index in [-0.39, 0.29) is 24.1 Å². The summed E-state index contributed by atoms with van der Waals surface area (Å²) in [5, 5.41) is 29.5. The molecule has 3 unspecified atom stereocenters. The summed E-state index contributed by atoms with van der Waals surface area (Å²) in [4.78, 5) is 36.0. The summed E-state index contributed by atoms with van der Waals surface area (Å²) in [6.07, 6.45) is 31.4. The number of rotatable bonds is 34. The van der Waals surface area contributed by atoms with Crippen molar-refractivity contribution in [3.8, 4) is 0 Å². The van der Waals surface area contributed by atoms with Gasteiger partial charge in [0.1, 0.15) is 17.8 Å². The second-order valence-corrected chi connectivity index (χ2v) is 14.0. The van der Waals surface area contributed by atoms with Crippen LogP contribution in [0.25, 0.3) is 0 Å². The summed E-state index contributed by atoms with van der Waals surface area (Å²) in [6.45, 7) is 9.27. The minimum absolute atomic E-state index is 0.257. The molecule has 0 saturated carbocycles. The van der Waals surface area contributed by atoms with Crippen LogP contribution >= 0.6 is 0 Å². The normalized spacial score (nSPS) is 15.0. The quantitative estimate of drug-likeness (QED) is 0.0362. The van der Waals surface area contributed by atoms with Gasteiger partial charge in [-0.25, -0.2) is 0 Å². The summed E-state index contributed by atoms with van der Waals surface area (Å²) < 4.78 is 0.257. The molecule has 0 aromatic carbocycles. The first-order chi connectivity index (χ1) is 22.2. The first-order valence-electron chi connectivity index (χ1n) is 19.3. The van der Waals surface area contributed by atoms with E-state index in [1.165, 1.54) is 109 Å². The maximum Gasteiger partial charge on any atom is 0.312 e. The maximum absolute atomic E-state index is 12.0. The number of carboxylic acid groups (broad SMARTS) is 3. The Bertz CT molecular complexity index is 738. The number of hydrogen-bond acceptors (Lipinski definition) is 3. The molecule has 0 amide bonds. The topological polar surface area (TPSA) is 112 Å². The molecule has 0 saturated heterocycles. The lowest BCUT2D eigenvalue weighted by Gasteiger charge is -2.43. The van der Waals surface area contributed by atoms with Crippen molar-refractivity contribution in [2.24, 2.45) is 17.8 Å². The molecule has 0 bridgehead atoms. The lowest BCUT2D eigenvalue weighted by atomic mass is 9.95. The monoisotopic (exact) mass is 653 g/mol. The third-order valence-corrected chi connectivity index (χ3v) is 9.99. The molecule has 3 atom stereocenters. The van der Waals surface area contributed by atoms with Crippen molar-refractivity contribution in [1.29, 1.82) is 0 Å². The highest BCUT2D eigenvalue weighted by Crippen LogP contribution is 2.25. The molecule has 0 spiro atoms. The molecule has 46 heavy (non-hydrogen) atoms. The van der Waals surface area contributed by atoms with Gasteiger partial charge in [-0.15, -0.1) is 0 Å². The third-order valence-electron chi connectivity index (χ3n) is 9.99. The second kappa shape index (κ2) is 29.3. The van der Waals surface area contributed by atoms with Gasteiger partial charge in [0.25, 0.3) is 0 Å². The Kier molecular flexibility index (Phi) is 28.1. The molecule has 7 nitrogen and oxygen atoms in total. The highest BCUT2D eigenvalue weighted by atomic mass is 16.4. The van der Waals surface area contributed by atoms with Crippen molar-refractivity contribution in [2.45, 2.75) is 175 Å². The molecule has 0 aromatic rings. The molecular weight excluding hydrogens is 578 g/mol. The first-order valence-corrected chi connectivity index (χ1v) is 19.3. The smallest absolute Gasteiger partial charge is 0.312 e. The van der Waals surface area contributed by atoms with Gasteiger partial charge in [-0.05, 0) is 57.8 Å². The van der Waals surface area contributed by atoms with Crippen molar-refractivity contribution in [3.05, 3.63) is 12.2 Å². The number of aliphatic carboxylic acids is 3. The van der Waals surface area contributed by atoms with Crippen LogP contribution in [0.1, 0.15) is 175 Å². The van der Waals surface area contributed by atoms with E-state index < -0.39 is 35.7 Å². The van der Waals surface area contributed by atoms with E-state index in [9.17, 15) is 29.7 Å². The van der Waals surface area contributed by atoms with Crippen LogP contribution in [0.15, 0.2) is 12.2 Å². The fraction of sp³-hybridized carbons (Fsp3) is 0.872. The maximum atomic E-state index is 12.0. The second-order valence-electron chi connectivity index (χ2n) is 14.0. The van der Waals surface area contributed by atoms with Gasteiger partial charge >= 0.3 is 17.9 Å². The van der Waals surface area contributed by atoms with Crippen molar-refractivity contribution < 1.29 is 34.2 Å². The first kappa shape index (κ1) is 44.1. The van der Waals surface area contributed by atoms with Crippen LogP contribution in [-0.4, -0.2) is 63.9 Å². The van der Waals surface area contributed by atoms with Crippen LogP contribution in [-0.2, 0) is 14.4 Å². The Morgan fingerprint density at radius 2 is 0.739 bits per heavy atom. The van der Waals surface area contributed by atoms with Gasteiger partial charge in [-0.1, -0.05) is 130 Å². The Balaban J connectivity index is 4.46. The molecule has 0 aliphatic heterocycles. The fourth-order valence-electron chi connectivity index (χ4n) is 6.80. The number of hydrogen-bond donors (Lipinski definition) is 3. The fourth-order valence-corrected chi connectivity index (χ4v) is 6.80. The lowest BCUT2D eigenvalue weighted by Crippen LogP contribution is -2.58. The van der Waals surface area contributed by atoms with Crippen molar-refractivity contribution >= 4 is 17.9 Å². The van der Waals surface area contributed by atoms with Crippen molar-refractivity contribution in [2.75, 3.05) is 26.2 Å². The van der Waals surface area contributed by atoms with Crippen molar-refractivity contribution in [3.63, 3.8) is 0 Å². The Labute approximate surface area is 283 Å². The number of unbranched alkanes of at least 4 members (excludes halogenated alkanes) is 18. The molecule has 0 heterocycles. The highest BCUT2D eigenvalue weighted by Gasteiger charge is 2.40. The zero-order valence-corrected chi connectivity index (χ0v) is 30.5. The Morgan fingerprint density at radius 3 is 1.02 bits per heavy atom. The zero-order valence-electron chi connectivity index (χ0n) is 30.5. The van der Waals surface area contributed by atoms with E-state index in [0.29, 0.717) is 25.8 Å². The minimum atomic E-state index is -0.888. The van der Waals surface area contributed by atoms with Gasteiger partial charge in [0.15, 0.2) is 0 Å². The van der Waals surface area contributed by atoms with Crippen LogP contribution in [0.5, 0.6) is 0 Å². The Hall–Kier alpha value is -1.89. The van der Waals surface area contributed by atoms with E-state index in [1.807, 2.05) is 20.8 Å². The molecular formula is C39H74NO6+. The van der Waals surface area contributed by atoms with Gasteiger partial charge in [0, 0.05) is 0 Å². The summed E-state index contributed by atoms with van der Waals surface area (Å²) in [5.74, 6) is -4.52. The molecule has 0 fully saturated rings. The zero-order chi connectivity index (χ0) is 34.5. The van der Waals surface area contributed by atoms with Gasteiger partial charge < -0.3 is 19.8 Å². The lowest BCUT2D eigenvalue weighted by molar-refractivity contribution is -0.935. The van der Waals surface area contributed by atoms with Gasteiger partial charge in [0.05, 0.1) is 26.2 Å². The summed E-state index contributed by atoms with van der Waals surface area (Å²) >= 11 is 0. The minimum Gasteiger partial charge on any atom is -0.481 e. The largest absolute Gasteiger partial charge is 0.481 e. The van der Waals surface area contributed by atoms with Gasteiger partial charge in [0.2, 0.25) is 0 Å². The molecule has 0 aromatic heterocycles. The molecule has 3 N–H and O–H groups in total. The Morgan fingerprint density at radius 1 is 0.457 bits per heavy atom. The number of carboxylic acids is 3. The van der Waals surface area contributed by atoms with E-state index in [4.69, 9.17) is 0 Å². The van der Waals surface area contributed by atoms with Crippen molar-refractivity contribution in [1.82, 2.24) is 0 Å². The molecule has 0 aliphatic rings. The van der Waals surface area contributed by atoms with E-state index in [0.717, 1.165) is 19.3 Å². The van der Waals surface area contributed by atoms with Gasteiger partial charge in [-0.2, -0.15) is 0 Å². The summed E-state index contributed by atoms with van der Waals surface area (Å²) in [6, 6.07) is 0. The predicted octanol–water partition coefficient (Wildman–Crippen LogP) is 10.5. The molecule has 0 rings (SSSR count). The predicted molar refractivity (Wildman–Crippen MR) is 191 cm³/mol. The van der Waals surface area contributed by atoms with Crippen LogP contribution < -0.4 is 0 Å². The summed E-state index contributed by atoms with van der Waals surface area (Å²) in [5.41, 5.74) is 0. The van der Waals surface area contributed by atoms with E-state index in [1.54, 1.807) is 0 Å². The van der Waals surface area contributed by atoms with E-state index >= 15 is 0 Å².